The summed E-state index contributed by atoms with van der Waals surface area (Å²) in [6, 6.07) is 25.2. The van der Waals surface area contributed by atoms with Crippen LogP contribution in [-0.4, -0.2) is 53.5 Å². The van der Waals surface area contributed by atoms with E-state index in [9.17, 15) is 4.79 Å². The molecule has 5 heteroatoms. The Hall–Kier alpha value is -3.18. The number of benzene rings is 2. The number of ether oxygens (including phenoxy) is 1. The Balaban J connectivity index is 1.40. The quantitative estimate of drug-likeness (QED) is 0.612. The fourth-order valence-corrected chi connectivity index (χ4v) is 5.38. The maximum absolute atomic E-state index is 13.1. The SMILES string of the molecule is COc1ccc([C@H]2CN(Cc3ccccc3)[C@@H]3CCN(C(=O)c4ccccn4)C[C@H]23)cc1. The summed E-state index contributed by atoms with van der Waals surface area (Å²) in [7, 11) is 1.70. The van der Waals surface area contributed by atoms with Crippen molar-refractivity contribution < 1.29 is 9.53 Å². The molecule has 2 aliphatic heterocycles. The first-order chi connectivity index (χ1) is 15.7. The fraction of sp³-hybridized carbons (Fsp3) is 0.333. The van der Waals surface area contributed by atoms with E-state index in [0.29, 0.717) is 23.6 Å². The highest BCUT2D eigenvalue weighted by Crippen LogP contribution is 2.42. The maximum Gasteiger partial charge on any atom is 0.272 e. The number of likely N-dealkylation sites (tertiary alicyclic amines) is 2. The number of rotatable bonds is 5. The Kier molecular flexibility index (Phi) is 5.91. The topological polar surface area (TPSA) is 45.7 Å². The summed E-state index contributed by atoms with van der Waals surface area (Å²) >= 11 is 0. The number of hydrogen-bond donors (Lipinski definition) is 0. The van der Waals surface area contributed by atoms with Gasteiger partial charge in [-0.3, -0.25) is 14.7 Å². The zero-order valence-corrected chi connectivity index (χ0v) is 18.4. The smallest absolute Gasteiger partial charge is 0.272 e. The molecule has 3 atom stereocenters. The largest absolute Gasteiger partial charge is 0.497 e. The first kappa shape index (κ1) is 20.7. The zero-order chi connectivity index (χ0) is 21.9. The number of carbonyl (C=O) groups is 1. The van der Waals surface area contributed by atoms with Crippen molar-refractivity contribution >= 4 is 5.91 Å². The Morgan fingerprint density at radius 3 is 2.50 bits per heavy atom. The third-order valence-corrected chi connectivity index (χ3v) is 6.98. The van der Waals surface area contributed by atoms with Crippen LogP contribution >= 0.6 is 0 Å². The summed E-state index contributed by atoms with van der Waals surface area (Å²) in [4.78, 5) is 22.0. The van der Waals surface area contributed by atoms with Gasteiger partial charge in [0, 0.05) is 50.3 Å². The minimum atomic E-state index is 0.0408. The van der Waals surface area contributed by atoms with Crippen LogP contribution in [0.1, 0.15) is 34.0 Å². The van der Waals surface area contributed by atoms with Gasteiger partial charge in [-0.25, -0.2) is 0 Å². The van der Waals surface area contributed by atoms with Crippen LogP contribution in [0, 0.1) is 5.92 Å². The van der Waals surface area contributed by atoms with Gasteiger partial charge in [0.25, 0.3) is 5.91 Å². The molecule has 3 aromatic rings. The van der Waals surface area contributed by atoms with Crippen molar-refractivity contribution in [2.45, 2.75) is 24.9 Å². The van der Waals surface area contributed by atoms with Gasteiger partial charge in [-0.15, -0.1) is 0 Å². The highest BCUT2D eigenvalue weighted by atomic mass is 16.5. The molecule has 0 radical (unpaired) electrons. The number of carbonyl (C=O) groups excluding carboxylic acids is 1. The Morgan fingerprint density at radius 1 is 1.00 bits per heavy atom. The zero-order valence-electron chi connectivity index (χ0n) is 18.4. The molecule has 2 aromatic carbocycles. The predicted octanol–water partition coefficient (Wildman–Crippen LogP) is 4.22. The van der Waals surface area contributed by atoms with Crippen molar-refractivity contribution in [2.75, 3.05) is 26.7 Å². The van der Waals surface area contributed by atoms with Crippen LogP contribution in [-0.2, 0) is 6.54 Å². The van der Waals surface area contributed by atoms with Gasteiger partial charge in [0.15, 0.2) is 0 Å². The van der Waals surface area contributed by atoms with Gasteiger partial charge in [0.05, 0.1) is 7.11 Å². The standard InChI is InChI=1S/C27H29N3O2/c1-32-22-12-10-21(11-13-22)23-18-30(17-20-7-3-2-4-8-20)26-14-16-29(19-24(23)26)27(31)25-9-5-6-15-28-25/h2-13,15,23-24,26H,14,16-19H2,1H3/t23-,24-,26-/m1/s1. The van der Waals surface area contributed by atoms with Crippen molar-refractivity contribution in [3.8, 4) is 5.75 Å². The van der Waals surface area contributed by atoms with Crippen LogP contribution < -0.4 is 4.74 Å². The van der Waals surface area contributed by atoms with Crippen LogP contribution in [0.3, 0.4) is 0 Å². The number of pyridine rings is 1. The van der Waals surface area contributed by atoms with Gasteiger partial charge in [-0.05, 0) is 41.8 Å². The Bertz CT molecular complexity index is 1040. The second kappa shape index (κ2) is 9.13. The molecule has 0 bridgehead atoms. The Labute approximate surface area is 189 Å². The molecule has 1 aromatic heterocycles. The molecule has 0 aliphatic carbocycles. The van der Waals surface area contributed by atoms with Crippen LogP contribution in [0.15, 0.2) is 79.0 Å². The van der Waals surface area contributed by atoms with Crippen molar-refractivity contribution in [3.05, 3.63) is 95.8 Å². The summed E-state index contributed by atoms with van der Waals surface area (Å²) in [6.07, 6.45) is 2.68. The van der Waals surface area contributed by atoms with E-state index in [1.54, 1.807) is 13.3 Å². The van der Waals surface area contributed by atoms with E-state index in [0.717, 1.165) is 38.3 Å². The van der Waals surface area contributed by atoms with Crippen LogP contribution in [0.2, 0.25) is 0 Å². The molecule has 5 nitrogen and oxygen atoms in total. The molecule has 0 saturated carbocycles. The van der Waals surface area contributed by atoms with E-state index in [2.05, 4.69) is 52.3 Å². The number of piperidine rings is 1. The third-order valence-electron chi connectivity index (χ3n) is 6.98. The molecule has 0 unspecified atom stereocenters. The highest BCUT2D eigenvalue weighted by molar-refractivity contribution is 5.92. The van der Waals surface area contributed by atoms with Gasteiger partial charge < -0.3 is 9.64 Å². The molecule has 0 N–H and O–H groups in total. The van der Waals surface area contributed by atoms with E-state index < -0.39 is 0 Å². The maximum atomic E-state index is 13.1. The highest BCUT2D eigenvalue weighted by Gasteiger charge is 2.46. The summed E-state index contributed by atoms with van der Waals surface area (Å²) in [6.45, 7) is 3.49. The van der Waals surface area contributed by atoms with Crippen LogP contribution in [0.25, 0.3) is 0 Å². The number of fused-ring (bicyclic) bond motifs is 1. The molecule has 2 aliphatic rings. The van der Waals surface area contributed by atoms with Gasteiger partial charge in [0.2, 0.25) is 0 Å². The summed E-state index contributed by atoms with van der Waals surface area (Å²) < 4.78 is 5.37. The predicted molar refractivity (Wildman–Crippen MR) is 125 cm³/mol. The van der Waals surface area contributed by atoms with Gasteiger partial charge in [0.1, 0.15) is 11.4 Å². The van der Waals surface area contributed by atoms with Crippen molar-refractivity contribution in [1.29, 1.82) is 0 Å². The molecule has 0 spiro atoms. The van der Waals surface area contributed by atoms with Gasteiger partial charge >= 0.3 is 0 Å². The Morgan fingerprint density at radius 2 is 1.78 bits per heavy atom. The molecule has 3 heterocycles. The minimum Gasteiger partial charge on any atom is -0.497 e. The van der Waals surface area contributed by atoms with Gasteiger partial charge in [-0.2, -0.15) is 0 Å². The lowest BCUT2D eigenvalue weighted by atomic mass is 9.81. The fourth-order valence-electron chi connectivity index (χ4n) is 5.38. The van der Waals surface area contributed by atoms with E-state index in [1.165, 1.54) is 11.1 Å². The second-order valence-corrected chi connectivity index (χ2v) is 8.78. The number of methoxy groups -OCH3 is 1. The lowest BCUT2D eigenvalue weighted by Gasteiger charge is -2.39. The molecule has 1 amide bonds. The average Bonchev–Trinajstić information content (AvgIpc) is 3.22. The van der Waals surface area contributed by atoms with E-state index in [-0.39, 0.29) is 5.91 Å². The summed E-state index contributed by atoms with van der Waals surface area (Å²) in [5.74, 6) is 1.70. The van der Waals surface area contributed by atoms with Crippen LogP contribution in [0.4, 0.5) is 0 Å². The molecule has 2 fully saturated rings. The summed E-state index contributed by atoms with van der Waals surface area (Å²) in [5.41, 5.74) is 3.20. The normalized spacial score (nSPS) is 23.0. The van der Waals surface area contributed by atoms with Crippen molar-refractivity contribution in [2.24, 2.45) is 5.92 Å². The third kappa shape index (κ3) is 4.13. The molecular formula is C27H29N3O2. The monoisotopic (exact) mass is 427 g/mol. The number of aromatic nitrogens is 1. The lowest BCUT2D eigenvalue weighted by molar-refractivity contribution is 0.0578. The summed E-state index contributed by atoms with van der Waals surface area (Å²) in [5, 5.41) is 0. The number of hydrogen-bond acceptors (Lipinski definition) is 4. The lowest BCUT2D eigenvalue weighted by Crippen LogP contribution is -2.48. The average molecular weight is 428 g/mol. The molecular weight excluding hydrogens is 398 g/mol. The van der Waals surface area contributed by atoms with Crippen molar-refractivity contribution in [3.63, 3.8) is 0 Å². The first-order valence-corrected chi connectivity index (χ1v) is 11.3. The van der Waals surface area contributed by atoms with E-state index in [4.69, 9.17) is 4.74 Å². The number of nitrogens with zero attached hydrogens (tertiary/aromatic N) is 3. The second-order valence-electron chi connectivity index (χ2n) is 8.78. The minimum absolute atomic E-state index is 0.0408. The molecule has 164 valence electrons. The number of amides is 1. The van der Waals surface area contributed by atoms with Crippen LogP contribution in [0.5, 0.6) is 5.75 Å². The van der Waals surface area contributed by atoms with E-state index in [1.807, 2.05) is 35.2 Å². The van der Waals surface area contributed by atoms with Gasteiger partial charge in [-0.1, -0.05) is 48.5 Å². The molecule has 5 rings (SSSR count). The first-order valence-electron chi connectivity index (χ1n) is 11.3. The molecule has 2 saturated heterocycles. The molecule has 32 heavy (non-hydrogen) atoms. The van der Waals surface area contributed by atoms with Crippen molar-refractivity contribution in [1.82, 2.24) is 14.8 Å². The van der Waals surface area contributed by atoms with E-state index >= 15 is 0 Å².